The molecule has 1 amide bonds. The zero-order chi connectivity index (χ0) is 16.1. The number of rotatable bonds is 3. The molecule has 0 aliphatic carbocycles. The number of amides is 1. The normalized spacial score (nSPS) is 20.2. The average molecular weight is 313 g/mol. The second-order valence-electron chi connectivity index (χ2n) is 6.34. The summed E-state index contributed by atoms with van der Waals surface area (Å²) in [6.45, 7) is 6.48. The number of piperidine rings is 1. The molecule has 3 rings (SSSR count). The van der Waals surface area contributed by atoms with Crippen LogP contribution in [0.5, 0.6) is 0 Å². The first-order valence-electron chi connectivity index (χ1n) is 8.36. The van der Waals surface area contributed by atoms with E-state index >= 15 is 0 Å². The Morgan fingerprint density at radius 3 is 2.65 bits per heavy atom. The molecular weight excluding hydrogens is 290 g/mol. The molecule has 0 unspecified atom stereocenters. The van der Waals surface area contributed by atoms with Gasteiger partial charge in [0.15, 0.2) is 0 Å². The second kappa shape index (κ2) is 7.58. The van der Waals surface area contributed by atoms with E-state index in [4.69, 9.17) is 10.00 Å². The van der Waals surface area contributed by atoms with Crippen molar-refractivity contribution in [2.75, 3.05) is 45.9 Å². The molecule has 0 saturated carbocycles. The van der Waals surface area contributed by atoms with Gasteiger partial charge in [-0.1, -0.05) is 6.07 Å². The van der Waals surface area contributed by atoms with Crippen LogP contribution in [0, 0.1) is 17.2 Å². The van der Waals surface area contributed by atoms with Crippen molar-refractivity contribution < 1.29 is 9.53 Å². The highest BCUT2D eigenvalue weighted by molar-refractivity contribution is 5.94. The minimum absolute atomic E-state index is 0.0481. The number of hydrogen-bond acceptors (Lipinski definition) is 4. The number of carbonyl (C=O) groups excluding carboxylic acids is 1. The van der Waals surface area contributed by atoms with Gasteiger partial charge in [0.25, 0.3) is 5.91 Å². The maximum Gasteiger partial charge on any atom is 0.253 e. The predicted molar refractivity (Wildman–Crippen MR) is 87.0 cm³/mol. The fraction of sp³-hybridized carbons (Fsp3) is 0.556. The quantitative estimate of drug-likeness (QED) is 0.853. The summed E-state index contributed by atoms with van der Waals surface area (Å²) in [6.07, 6.45) is 2.11. The lowest BCUT2D eigenvalue weighted by molar-refractivity contribution is 0.0243. The Morgan fingerprint density at radius 2 is 1.96 bits per heavy atom. The second-order valence-corrected chi connectivity index (χ2v) is 6.34. The van der Waals surface area contributed by atoms with Crippen LogP contribution in [0.1, 0.15) is 28.8 Å². The van der Waals surface area contributed by atoms with Crippen LogP contribution < -0.4 is 0 Å². The Balaban J connectivity index is 1.51. The molecule has 0 atom stereocenters. The minimum atomic E-state index is 0.0481. The van der Waals surface area contributed by atoms with Crippen molar-refractivity contribution in [1.29, 1.82) is 5.26 Å². The van der Waals surface area contributed by atoms with Crippen LogP contribution in [0.4, 0.5) is 0 Å². The van der Waals surface area contributed by atoms with Gasteiger partial charge in [-0.05, 0) is 37.0 Å². The summed E-state index contributed by atoms with van der Waals surface area (Å²) in [5.74, 6) is 0.717. The molecule has 0 N–H and O–H groups in total. The lowest BCUT2D eigenvalue weighted by atomic mass is 9.95. The van der Waals surface area contributed by atoms with Crippen LogP contribution in [0.25, 0.3) is 0 Å². The van der Waals surface area contributed by atoms with E-state index in [9.17, 15) is 4.79 Å². The molecular formula is C18H23N3O2. The fourth-order valence-corrected chi connectivity index (χ4v) is 3.37. The van der Waals surface area contributed by atoms with Crippen LogP contribution >= 0.6 is 0 Å². The lowest BCUT2D eigenvalue weighted by Gasteiger charge is -2.36. The van der Waals surface area contributed by atoms with Crippen molar-refractivity contribution in [3.05, 3.63) is 35.4 Å². The Morgan fingerprint density at radius 1 is 1.22 bits per heavy atom. The lowest BCUT2D eigenvalue weighted by Crippen LogP contribution is -2.44. The summed E-state index contributed by atoms with van der Waals surface area (Å²) in [5.41, 5.74) is 1.16. The highest BCUT2D eigenvalue weighted by Gasteiger charge is 2.25. The van der Waals surface area contributed by atoms with Gasteiger partial charge in [-0.15, -0.1) is 0 Å². The summed E-state index contributed by atoms with van der Waals surface area (Å²) in [7, 11) is 0. The zero-order valence-corrected chi connectivity index (χ0v) is 13.4. The monoisotopic (exact) mass is 313 g/mol. The van der Waals surface area contributed by atoms with Crippen LogP contribution in [-0.2, 0) is 4.74 Å². The Kier molecular flexibility index (Phi) is 5.27. The number of morpholine rings is 1. The Labute approximate surface area is 137 Å². The summed E-state index contributed by atoms with van der Waals surface area (Å²) < 4.78 is 5.39. The van der Waals surface area contributed by atoms with E-state index in [1.807, 2.05) is 4.90 Å². The van der Waals surface area contributed by atoms with Crippen molar-refractivity contribution in [3.63, 3.8) is 0 Å². The predicted octanol–water partition coefficient (Wildman–Crippen LogP) is 1.74. The van der Waals surface area contributed by atoms with Gasteiger partial charge in [-0.2, -0.15) is 5.26 Å². The number of hydrogen-bond donors (Lipinski definition) is 0. The number of likely N-dealkylation sites (tertiary alicyclic amines) is 1. The van der Waals surface area contributed by atoms with Gasteiger partial charge in [0.1, 0.15) is 0 Å². The zero-order valence-electron chi connectivity index (χ0n) is 13.4. The number of benzene rings is 1. The number of carbonyl (C=O) groups is 1. The van der Waals surface area contributed by atoms with Crippen molar-refractivity contribution >= 4 is 5.91 Å². The maximum atomic E-state index is 12.6. The molecule has 2 saturated heterocycles. The van der Waals surface area contributed by atoms with Gasteiger partial charge >= 0.3 is 0 Å². The molecule has 23 heavy (non-hydrogen) atoms. The first kappa shape index (κ1) is 16.0. The first-order valence-corrected chi connectivity index (χ1v) is 8.36. The Hall–Kier alpha value is -1.90. The molecule has 1 aromatic carbocycles. The molecule has 2 heterocycles. The minimum Gasteiger partial charge on any atom is -0.379 e. The van der Waals surface area contributed by atoms with Gasteiger partial charge in [0.05, 0.1) is 24.8 Å². The average Bonchev–Trinajstić information content (AvgIpc) is 2.63. The molecule has 0 bridgehead atoms. The molecule has 0 aromatic heterocycles. The molecule has 2 aliphatic heterocycles. The first-order chi connectivity index (χ1) is 11.3. The third kappa shape index (κ3) is 4.10. The topological polar surface area (TPSA) is 56.6 Å². The molecule has 2 fully saturated rings. The SMILES string of the molecule is N#Cc1cccc(C(=O)N2CCC(CN3CCOCC3)CC2)c1. The van der Waals surface area contributed by atoms with E-state index in [0.29, 0.717) is 17.0 Å². The molecule has 0 spiro atoms. The number of ether oxygens (including phenoxy) is 1. The number of nitriles is 1. The summed E-state index contributed by atoms with van der Waals surface area (Å²) >= 11 is 0. The maximum absolute atomic E-state index is 12.6. The van der Waals surface area contributed by atoms with E-state index in [1.165, 1.54) is 0 Å². The van der Waals surface area contributed by atoms with Gasteiger partial charge in [-0.3, -0.25) is 9.69 Å². The fourth-order valence-electron chi connectivity index (χ4n) is 3.37. The standard InChI is InChI=1S/C18H23N3O2/c19-13-16-2-1-3-17(12-16)18(22)21-6-4-15(5-7-21)14-20-8-10-23-11-9-20/h1-3,12,15H,4-11,14H2. The number of nitrogens with zero attached hydrogens (tertiary/aromatic N) is 3. The summed E-state index contributed by atoms with van der Waals surface area (Å²) in [5, 5.41) is 8.96. The molecule has 122 valence electrons. The van der Waals surface area contributed by atoms with E-state index in [0.717, 1.165) is 58.8 Å². The highest BCUT2D eigenvalue weighted by atomic mass is 16.5. The summed E-state index contributed by atoms with van der Waals surface area (Å²) in [6, 6.07) is 9.07. The Bertz CT molecular complexity index is 582. The third-order valence-electron chi connectivity index (χ3n) is 4.76. The van der Waals surface area contributed by atoms with Gasteiger partial charge < -0.3 is 9.64 Å². The van der Waals surface area contributed by atoms with E-state index in [1.54, 1.807) is 24.3 Å². The molecule has 1 aromatic rings. The van der Waals surface area contributed by atoms with E-state index in [-0.39, 0.29) is 5.91 Å². The van der Waals surface area contributed by atoms with E-state index < -0.39 is 0 Å². The van der Waals surface area contributed by atoms with Gasteiger partial charge in [0, 0.05) is 38.3 Å². The smallest absolute Gasteiger partial charge is 0.253 e. The molecule has 0 radical (unpaired) electrons. The van der Waals surface area contributed by atoms with Crippen molar-refractivity contribution in [1.82, 2.24) is 9.80 Å². The molecule has 2 aliphatic rings. The van der Waals surface area contributed by atoms with Gasteiger partial charge in [-0.25, -0.2) is 0 Å². The summed E-state index contributed by atoms with van der Waals surface area (Å²) in [4.78, 5) is 17.0. The largest absolute Gasteiger partial charge is 0.379 e. The molecule has 5 nitrogen and oxygen atoms in total. The third-order valence-corrected chi connectivity index (χ3v) is 4.76. The van der Waals surface area contributed by atoms with Gasteiger partial charge in [0.2, 0.25) is 0 Å². The van der Waals surface area contributed by atoms with Crippen molar-refractivity contribution in [3.8, 4) is 6.07 Å². The van der Waals surface area contributed by atoms with Crippen LogP contribution in [0.3, 0.4) is 0 Å². The van der Waals surface area contributed by atoms with Crippen molar-refractivity contribution in [2.45, 2.75) is 12.8 Å². The highest BCUT2D eigenvalue weighted by Crippen LogP contribution is 2.21. The van der Waals surface area contributed by atoms with Crippen LogP contribution in [0.2, 0.25) is 0 Å². The molecule has 5 heteroatoms. The van der Waals surface area contributed by atoms with Crippen LogP contribution in [0.15, 0.2) is 24.3 Å². The van der Waals surface area contributed by atoms with E-state index in [2.05, 4.69) is 11.0 Å². The van der Waals surface area contributed by atoms with Crippen molar-refractivity contribution in [2.24, 2.45) is 5.92 Å². The van der Waals surface area contributed by atoms with Crippen LogP contribution in [-0.4, -0.2) is 61.6 Å².